The number of carbonyl (C=O) groups excluding carboxylic acids is 2. The third kappa shape index (κ3) is 4.77. The monoisotopic (exact) mass is 524 g/mol. The molecule has 3 aromatic rings. The predicted molar refractivity (Wildman–Crippen MR) is 135 cm³/mol. The molecule has 1 aliphatic heterocycles. The van der Waals surface area contributed by atoms with E-state index in [0.717, 1.165) is 16.3 Å². The number of fused-ring (bicyclic) bond motifs is 1. The number of amides is 2. The lowest BCUT2D eigenvalue weighted by Gasteiger charge is -2.25. The van der Waals surface area contributed by atoms with Gasteiger partial charge < -0.3 is 9.47 Å². The Morgan fingerprint density at radius 2 is 1.85 bits per heavy atom. The van der Waals surface area contributed by atoms with Crippen molar-refractivity contribution in [2.24, 2.45) is 0 Å². The van der Waals surface area contributed by atoms with E-state index in [1.54, 1.807) is 12.1 Å². The molecule has 3 aromatic carbocycles. The Kier molecular flexibility index (Phi) is 6.76. The lowest BCUT2D eigenvalue weighted by atomic mass is 10.1. The molecule has 0 atom stereocenters. The molecule has 0 aromatic heterocycles. The second-order valence-corrected chi connectivity index (χ2v) is 8.61. The van der Waals surface area contributed by atoms with Crippen molar-refractivity contribution in [1.29, 1.82) is 0 Å². The van der Waals surface area contributed by atoms with Gasteiger partial charge in [0.25, 0.3) is 11.8 Å². The molecule has 0 radical (unpaired) electrons. The Morgan fingerprint density at radius 3 is 2.64 bits per heavy atom. The number of hydrogen-bond acceptors (Lipinski definition) is 5. The summed E-state index contributed by atoms with van der Waals surface area (Å²) in [5, 5.41) is 4.86. The highest BCUT2D eigenvalue weighted by atomic mass is 79.9. The maximum Gasteiger partial charge on any atom is 0.265 e. The fourth-order valence-corrected chi connectivity index (χ4v) is 4.30. The summed E-state index contributed by atoms with van der Waals surface area (Å²) in [5.74, 6) is 0.0544. The quantitative estimate of drug-likeness (QED) is 0.284. The highest BCUT2D eigenvalue weighted by Crippen LogP contribution is 2.38. The van der Waals surface area contributed by atoms with E-state index >= 15 is 0 Å². The van der Waals surface area contributed by atoms with Gasteiger partial charge >= 0.3 is 0 Å². The minimum atomic E-state index is -0.534. The smallest absolute Gasteiger partial charge is 0.265 e. The number of ether oxygens (including phenoxy) is 2. The van der Waals surface area contributed by atoms with Gasteiger partial charge in [0.1, 0.15) is 12.2 Å². The molecule has 1 N–H and O–H groups in total. The largest absolute Gasteiger partial charge is 0.490 e. The molecule has 0 bridgehead atoms. The maximum absolute atomic E-state index is 12.5. The van der Waals surface area contributed by atoms with Gasteiger partial charge in [-0.1, -0.05) is 42.5 Å². The highest BCUT2D eigenvalue weighted by molar-refractivity contribution is 9.10. The summed E-state index contributed by atoms with van der Waals surface area (Å²) < 4.78 is 12.6. The first-order valence-electron chi connectivity index (χ1n) is 10.3. The van der Waals surface area contributed by atoms with Gasteiger partial charge in [0, 0.05) is 7.05 Å². The van der Waals surface area contributed by atoms with Gasteiger partial charge in [0.2, 0.25) is 0 Å². The van der Waals surface area contributed by atoms with Crippen molar-refractivity contribution in [2.75, 3.05) is 13.7 Å². The highest BCUT2D eigenvalue weighted by Gasteiger charge is 2.30. The standard InChI is InChI=1S/C25H21BrN2O4S/c1-3-31-21-13-15(11-19-23(29)27-25(33)28(2)24(19)30)12-20(26)22(21)32-14-17-9-6-8-16-7-4-5-10-18(16)17/h4-13H,3,14H2,1-2H3,(H,27,29,33)/b19-11+. The van der Waals surface area contributed by atoms with E-state index < -0.39 is 11.8 Å². The van der Waals surface area contributed by atoms with Crippen LogP contribution in [0.15, 0.2) is 64.6 Å². The van der Waals surface area contributed by atoms with E-state index in [9.17, 15) is 9.59 Å². The second-order valence-electron chi connectivity index (χ2n) is 7.37. The Bertz CT molecular complexity index is 1300. The Balaban J connectivity index is 1.65. The molecule has 1 fully saturated rings. The SMILES string of the molecule is CCOc1cc(/C=C2\C(=O)NC(=S)N(C)C2=O)cc(Br)c1OCc1cccc2ccccc12. The van der Waals surface area contributed by atoms with Gasteiger partial charge in [-0.2, -0.15) is 0 Å². The Hall–Kier alpha value is -3.23. The van der Waals surface area contributed by atoms with Crippen LogP contribution in [0.25, 0.3) is 16.8 Å². The van der Waals surface area contributed by atoms with E-state index in [0.29, 0.717) is 34.7 Å². The fourth-order valence-electron chi connectivity index (χ4n) is 3.55. The zero-order valence-electron chi connectivity index (χ0n) is 18.1. The number of thiocarbonyl (C=S) groups is 1. The average Bonchev–Trinajstić information content (AvgIpc) is 2.80. The summed E-state index contributed by atoms with van der Waals surface area (Å²) in [7, 11) is 1.52. The van der Waals surface area contributed by atoms with Crippen molar-refractivity contribution in [2.45, 2.75) is 13.5 Å². The molecule has 1 heterocycles. The zero-order valence-corrected chi connectivity index (χ0v) is 20.5. The van der Waals surface area contributed by atoms with Crippen molar-refractivity contribution in [3.63, 3.8) is 0 Å². The van der Waals surface area contributed by atoms with Crippen molar-refractivity contribution in [1.82, 2.24) is 10.2 Å². The number of hydrogen-bond donors (Lipinski definition) is 1. The van der Waals surface area contributed by atoms with Crippen molar-refractivity contribution in [3.05, 3.63) is 75.8 Å². The number of carbonyl (C=O) groups is 2. The van der Waals surface area contributed by atoms with Crippen LogP contribution in [-0.2, 0) is 16.2 Å². The van der Waals surface area contributed by atoms with Crippen molar-refractivity contribution in [3.8, 4) is 11.5 Å². The fraction of sp³-hybridized carbons (Fsp3) is 0.160. The molecule has 6 nitrogen and oxygen atoms in total. The molecule has 168 valence electrons. The molecule has 1 aliphatic rings. The molecule has 4 rings (SSSR count). The van der Waals surface area contributed by atoms with E-state index in [2.05, 4.69) is 39.4 Å². The van der Waals surface area contributed by atoms with Crippen LogP contribution in [0.4, 0.5) is 0 Å². The maximum atomic E-state index is 12.5. The summed E-state index contributed by atoms with van der Waals surface area (Å²) in [4.78, 5) is 26.1. The second kappa shape index (κ2) is 9.72. The molecule has 8 heteroatoms. The summed E-state index contributed by atoms with van der Waals surface area (Å²) in [5.41, 5.74) is 1.66. The number of rotatable bonds is 6. The Morgan fingerprint density at radius 1 is 1.09 bits per heavy atom. The van der Waals surface area contributed by atoms with E-state index in [4.69, 9.17) is 21.7 Å². The van der Waals surface area contributed by atoms with Gasteiger partial charge in [-0.15, -0.1) is 0 Å². The first-order valence-corrected chi connectivity index (χ1v) is 11.5. The minimum absolute atomic E-state index is 0.00938. The van der Waals surface area contributed by atoms with Gasteiger partial charge in [-0.3, -0.25) is 19.8 Å². The first-order chi connectivity index (χ1) is 15.9. The molecule has 0 unspecified atom stereocenters. The molecule has 33 heavy (non-hydrogen) atoms. The molecule has 2 amide bonds. The lowest BCUT2D eigenvalue weighted by molar-refractivity contribution is -0.128. The third-order valence-corrected chi connectivity index (χ3v) is 6.16. The number of benzene rings is 3. The van der Waals surface area contributed by atoms with Gasteiger partial charge in [0.15, 0.2) is 16.6 Å². The minimum Gasteiger partial charge on any atom is -0.490 e. The Labute approximate surface area is 205 Å². The molecule has 0 spiro atoms. The van der Waals surface area contributed by atoms with Crippen LogP contribution in [0, 0.1) is 0 Å². The van der Waals surface area contributed by atoms with Gasteiger partial charge in [-0.05, 0) is 75.2 Å². The molecular formula is C25H21BrN2O4S. The number of halogens is 1. The van der Waals surface area contributed by atoms with E-state index in [-0.39, 0.29) is 10.7 Å². The van der Waals surface area contributed by atoms with Crippen LogP contribution >= 0.6 is 28.1 Å². The van der Waals surface area contributed by atoms with Gasteiger partial charge in [0.05, 0.1) is 11.1 Å². The average molecular weight is 525 g/mol. The third-order valence-electron chi connectivity index (χ3n) is 5.20. The molecular weight excluding hydrogens is 504 g/mol. The normalized spacial score (nSPS) is 15.2. The summed E-state index contributed by atoms with van der Waals surface area (Å²) in [6.07, 6.45) is 1.51. The predicted octanol–water partition coefficient (Wildman–Crippen LogP) is 4.84. The van der Waals surface area contributed by atoms with E-state index in [1.165, 1.54) is 18.0 Å². The zero-order chi connectivity index (χ0) is 23.5. The molecule has 0 saturated carbocycles. The van der Waals surface area contributed by atoms with Gasteiger partial charge in [-0.25, -0.2) is 0 Å². The summed E-state index contributed by atoms with van der Waals surface area (Å²) in [6.45, 7) is 2.65. The van der Waals surface area contributed by atoms with Crippen LogP contribution in [0.3, 0.4) is 0 Å². The van der Waals surface area contributed by atoms with E-state index in [1.807, 2.05) is 31.2 Å². The number of likely N-dealkylation sites (N-methyl/N-ethyl adjacent to an activating group) is 1. The lowest BCUT2D eigenvalue weighted by Crippen LogP contribution is -2.52. The topological polar surface area (TPSA) is 67.9 Å². The van der Waals surface area contributed by atoms with Crippen LogP contribution < -0.4 is 14.8 Å². The summed E-state index contributed by atoms with van der Waals surface area (Å²) >= 11 is 8.55. The summed E-state index contributed by atoms with van der Waals surface area (Å²) in [6, 6.07) is 17.8. The molecule has 0 aliphatic carbocycles. The number of nitrogens with zero attached hydrogens (tertiary/aromatic N) is 1. The van der Waals surface area contributed by atoms with Crippen LogP contribution in [0.5, 0.6) is 11.5 Å². The van der Waals surface area contributed by atoms with Crippen molar-refractivity contribution < 1.29 is 19.1 Å². The van der Waals surface area contributed by atoms with Crippen LogP contribution in [-0.4, -0.2) is 35.5 Å². The molecule has 1 saturated heterocycles. The van der Waals surface area contributed by atoms with Crippen LogP contribution in [0.2, 0.25) is 0 Å². The first kappa shape index (κ1) is 22.9. The van der Waals surface area contributed by atoms with Crippen molar-refractivity contribution >= 4 is 61.9 Å². The number of nitrogens with one attached hydrogen (secondary N) is 1. The van der Waals surface area contributed by atoms with Crippen LogP contribution in [0.1, 0.15) is 18.1 Å².